The molecule has 32 heavy (non-hydrogen) atoms. The molecule has 0 fully saturated rings. The molecule has 2 heterocycles. The third-order valence-electron chi connectivity index (χ3n) is 5.39. The second kappa shape index (κ2) is 8.07. The number of ether oxygens (including phenoxy) is 2. The molecule has 1 N–H and O–H groups in total. The lowest BCUT2D eigenvalue weighted by Gasteiger charge is -2.14. The van der Waals surface area contributed by atoms with Crippen molar-refractivity contribution in [3.8, 4) is 34.5 Å². The Morgan fingerprint density at radius 3 is 2.47 bits per heavy atom. The number of aromatic hydroxyl groups is 1. The summed E-state index contributed by atoms with van der Waals surface area (Å²) in [5.74, 6) is 1.82. The molecule has 158 valence electrons. The fourth-order valence-electron chi connectivity index (χ4n) is 3.81. The predicted molar refractivity (Wildman–Crippen MR) is 126 cm³/mol. The molecule has 0 amide bonds. The highest BCUT2D eigenvalue weighted by Crippen LogP contribution is 2.39. The van der Waals surface area contributed by atoms with Crippen LogP contribution >= 0.6 is 0 Å². The number of nitrogens with zero attached hydrogens (tertiary/aromatic N) is 3. The van der Waals surface area contributed by atoms with Gasteiger partial charge in [0.2, 0.25) is 5.88 Å². The number of rotatable bonds is 5. The van der Waals surface area contributed by atoms with Crippen molar-refractivity contribution in [2.45, 2.75) is 0 Å². The van der Waals surface area contributed by atoms with Crippen molar-refractivity contribution in [1.82, 2.24) is 9.55 Å². The molecule has 0 saturated carbocycles. The van der Waals surface area contributed by atoms with Crippen LogP contribution in [0.2, 0.25) is 0 Å². The van der Waals surface area contributed by atoms with Crippen LogP contribution in [0.3, 0.4) is 0 Å². The van der Waals surface area contributed by atoms with Gasteiger partial charge in [-0.25, -0.2) is 4.98 Å². The topological polar surface area (TPSA) is 68.9 Å². The van der Waals surface area contributed by atoms with Crippen molar-refractivity contribution in [2.24, 2.45) is 4.99 Å². The van der Waals surface area contributed by atoms with Crippen LogP contribution in [-0.4, -0.2) is 35.1 Å². The summed E-state index contributed by atoms with van der Waals surface area (Å²) in [6, 6.07) is 23.0. The Labute approximate surface area is 185 Å². The monoisotopic (exact) mass is 423 g/mol. The van der Waals surface area contributed by atoms with Gasteiger partial charge < -0.3 is 14.6 Å². The Kier molecular flexibility index (Phi) is 4.95. The molecule has 0 bridgehead atoms. The van der Waals surface area contributed by atoms with Crippen molar-refractivity contribution in [2.75, 3.05) is 14.2 Å². The van der Waals surface area contributed by atoms with Crippen LogP contribution in [0.15, 0.2) is 77.8 Å². The SMILES string of the molecule is COc1ccc(OC)c(-n2c(-c3ccccc3)nc(/C=C3\C=Nc4ccccc43)c2O)c1. The number of benzene rings is 3. The van der Waals surface area contributed by atoms with Crippen LogP contribution in [-0.2, 0) is 0 Å². The highest BCUT2D eigenvalue weighted by Gasteiger charge is 2.22. The van der Waals surface area contributed by atoms with Crippen LogP contribution in [0.1, 0.15) is 11.3 Å². The molecule has 1 aliphatic heterocycles. The van der Waals surface area contributed by atoms with E-state index in [9.17, 15) is 5.11 Å². The smallest absolute Gasteiger partial charge is 0.224 e. The molecule has 0 aliphatic carbocycles. The normalized spacial score (nSPS) is 13.4. The Hall–Kier alpha value is -4.32. The molecule has 1 aromatic heterocycles. The summed E-state index contributed by atoms with van der Waals surface area (Å²) in [6.45, 7) is 0. The zero-order valence-corrected chi connectivity index (χ0v) is 17.7. The number of methoxy groups -OCH3 is 2. The fraction of sp³-hybridized carbons (Fsp3) is 0.0769. The predicted octanol–water partition coefficient (Wildman–Crippen LogP) is 5.52. The molecule has 0 radical (unpaired) electrons. The first-order valence-corrected chi connectivity index (χ1v) is 10.1. The van der Waals surface area contributed by atoms with E-state index < -0.39 is 0 Å². The van der Waals surface area contributed by atoms with Gasteiger partial charge in [-0.05, 0) is 24.3 Å². The van der Waals surface area contributed by atoms with Crippen LogP contribution < -0.4 is 9.47 Å². The molecule has 0 spiro atoms. The average Bonchev–Trinajstić information content (AvgIpc) is 3.40. The third-order valence-corrected chi connectivity index (χ3v) is 5.39. The summed E-state index contributed by atoms with van der Waals surface area (Å²) in [4.78, 5) is 9.26. The first-order chi connectivity index (χ1) is 15.7. The van der Waals surface area contributed by atoms with Gasteiger partial charge in [-0.1, -0.05) is 48.5 Å². The van der Waals surface area contributed by atoms with Crippen molar-refractivity contribution < 1.29 is 14.6 Å². The summed E-state index contributed by atoms with van der Waals surface area (Å²) < 4.78 is 12.7. The highest BCUT2D eigenvalue weighted by molar-refractivity contribution is 6.21. The molecule has 3 aromatic carbocycles. The molecular formula is C26H21N3O3. The standard InChI is InChI=1S/C26H21N3O3/c1-31-19-12-13-24(32-2)23(15-19)29-25(17-8-4-3-5-9-17)28-22(26(29)30)14-18-16-27-21-11-7-6-10-20(18)21/h3-16,30H,1-2H3/b18-14+. The summed E-state index contributed by atoms with van der Waals surface area (Å²) in [5.41, 5.74) is 4.71. The van der Waals surface area contributed by atoms with E-state index in [4.69, 9.17) is 14.5 Å². The Morgan fingerprint density at radius 1 is 0.906 bits per heavy atom. The lowest BCUT2D eigenvalue weighted by Crippen LogP contribution is -2.01. The second-order valence-corrected chi connectivity index (χ2v) is 7.26. The van der Waals surface area contributed by atoms with Gasteiger partial charge in [-0.2, -0.15) is 0 Å². The highest BCUT2D eigenvalue weighted by atomic mass is 16.5. The van der Waals surface area contributed by atoms with E-state index in [1.807, 2.05) is 72.8 Å². The Balaban J connectivity index is 1.74. The summed E-state index contributed by atoms with van der Waals surface area (Å²) >= 11 is 0. The molecule has 0 atom stereocenters. The van der Waals surface area contributed by atoms with E-state index in [2.05, 4.69) is 4.99 Å². The molecule has 5 rings (SSSR count). The summed E-state index contributed by atoms with van der Waals surface area (Å²) in [5, 5.41) is 11.3. The summed E-state index contributed by atoms with van der Waals surface area (Å²) in [6.07, 6.45) is 3.64. The number of para-hydroxylation sites is 1. The number of hydrogen-bond acceptors (Lipinski definition) is 5. The largest absolute Gasteiger partial charge is 0.497 e. The van der Waals surface area contributed by atoms with E-state index in [1.165, 1.54) is 0 Å². The van der Waals surface area contributed by atoms with E-state index in [0.717, 1.165) is 22.4 Å². The average molecular weight is 423 g/mol. The molecule has 1 aliphatic rings. The first kappa shape index (κ1) is 19.6. The lowest BCUT2D eigenvalue weighted by molar-refractivity contribution is 0.397. The van der Waals surface area contributed by atoms with Crippen molar-refractivity contribution >= 4 is 23.6 Å². The van der Waals surface area contributed by atoms with Gasteiger partial charge in [0, 0.05) is 29.0 Å². The Bertz CT molecular complexity index is 1350. The number of fused-ring (bicyclic) bond motifs is 1. The van der Waals surface area contributed by atoms with Crippen molar-refractivity contribution in [1.29, 1.82) is 0 Å². The third kappa shape index (κ3) is 3.32. The van der Waals surface area contributed by atoms with Crippen LogP contribution in [0, 0.1) is 0 Å². The second-order valence-electron chi connectivity index (χ2n) is 7.26. The van der Waals surface area contributed by atoms with Gasteiger partial charge in [0.25, 0.3) is 0 Å². The quantitative estimate of drug-likeness (QED) is 0.459. The van der Waals surface area contributed by atoms with Crippen LogP contribution in [0.25, 0.3) is 28.7 Å². The number of aromatic nitrogens is 2. The molecule has 0 unspecified atom stereocenters. The van der Waals surface area contributed by atoms with Crippen LogP contribution in [0.4, 0.5) is 5.69 Å². The summed E-state index contributed by atoms with van der Waals surface area (Å²) in [7, 11) is 3.19. The number of aliphatic imine (C=N–C) groups is 1. The zero-order valence-electron chi connectivity index (χ0n) is 17.7. The minimum Gasteiger partial charge on any atom is -0.497 e. The number of hydrogen-bond donors (Lipinski definition) is 1. The van der Waals surface area contributed by atoms with Crippen LogP contribution in [0.5, 0.6) is 17.4 Å². The molecule has 6 heteroatoms. The lowest BCUT2D eigenvalue weighted by atomic mass is 10.1. The van der Waals surface area contributed by atoms with Gasteiger partial charge in [-0.3, -0.25) is 9.56 Å². The molecule has 6 nitrogen and oxygen atoms in total. The maximum Gasteiger partial charge on any atom is 0.224 e. The molecule has 0 saturated heterocycles. The number of allylic oxidation sites excluding steroid dienone is 1. The molecule has 4 aromatic rings. The van der Waals surface area contributed by atoms with E-state index in [0.29, 0.717) is 28.7 Å². The van der Waals surface area contributed by atoms with E-state index >= 15 is 0 Å². The molecular weight excluding hydrogens is 402 g/mol. The maximum absolute atomic E-state index is 11.3. The Morgan fingerprint density at radius 2 is 1.69 bits per heavy atom. The van der Waals surface area contributed by atoms with Gasteiger partial charge >= 0.3 is 0 Å². The van der Waals surface area contributed by atoms with Gasteiger partial charge in [0.1, 0.15) is 23.0 Å². The zero-order chi connectivity index (χ0) is 22.1. The van der Waals surface area contributed by atoms with Crippen molar-refractivity contribution in [3.63, 3.8) is 0 Å². The van der Waals surface area contributed by atoms with E-state index in [1.54, 1.807) is 31.1 Å². The van der Waals surface area contributed by atoms with Gasteiger partial charge in [0.05, 0.1) is 25.6 Å². The van der Waals surface area contributed by atoms with Gasteiger partial charge in [0.15, 0.2) is 0 Å². The van der Waals surface area contributed by atoms with Gasteiger partial charge in [-0.15, -0.1) is 0 Å². The minimum atomic E-state index is 0.000636. The van der Waals surface area contributed by atoms with Crippen molar-refractivity contribution in [3.05, 3.63) is 84.1 Å². The first-order valence-electron chi connectivity index (χ1n) is 10.1. The number of imidazole rings is 1. The van der Waals surface area contributed by atoms with E-state index in [-0.39, 0.29) is 5.88 Å². The fourth-order valence-corrected chi connectivity index (χ4v) is 3.81. The maximum atomic E-state index is 11.3. The minimum absolute atomic E-state index is 0.000636.